The molecule has 0 unspecified atom stereocenters. The number of carbonyl (C=O) groups is 3. The zero-order chi connectivity index (χ0) is 19.7. The molecule has 23 heavy (non-hydrogen) atoms. The molecule has 0 bridgehead atoms. The number of carboxylic acids is 3. The molecule has 0 fully saturated rings. The molecule has 128 valence electrons. The van der Waals surface area contributed by atoms with Gasteiger partial charge in [-0.3, -0.25) is 0 Å². The van der Waals surface area contributed by atoms with Gasteiger partial charge < -0.3 is 29.7 Å². The van der Waals surface area contributed by atoms with Gasteiger partial charge in [0.25, 0.3) is 0 Å². The zero-order valence-electron chi connectivity index (χ0n) is 14.1. The monoisotopic (exact) mass is 404 g/mol. The third-order valence-corrected chi connectivity index (χ3v) is 2.44. The molecular formula is C15H22O7Zr. The Kier molecular flexibility index (Phi) is 23.7. The van der Waals surface area contributed by atoms with Crippen molar-refractivity contribution in [3.63, 3.8) is 0 Å². The third-order valence-electron chi connectivity index (χ3n) is 1.28. The summed E-state index contributed by atoms with van der Waals surface area (Å²) >= 11 is 1.16. The van der Waals surface area contributed by atoms with E-state index in [1.807, 2.05) is 13.8 Å². The first-order chi connectivity index (χ1) is 10.2. The minimum atomic E-state index is -1.19. The van der Waals surface area contributed by atoms with E-state index in [2.05, 4.69) is 19.7 Å². The molecule has 0 aromatic carbocycles. The van der Waals surface area contributed by atoms with Crippen LogP contribution in [0.3, 0.4) is 0 Å². The third kappa shape index (κ3) is 44.9. The van der Waals surface area contributed by atoms with Gasteiger partial charge in [0.15, 0.2) is 0 Å². The van der Waals surface area contributed by atoms with Gasteiger partial charge in [-0.05, 0) is 37.5 Å². The molecule has 0 aromatic heterocycles. The van der Waals surface area contributed by atoms with Crippen LogP contribution in [0.1, 0.15) is 34.6 Å². The average molecular weight is 406 g/mol. The van der Waals surface area contributed by atoms with Crippen molar-refractivity contribution in [2.75, 3.05) is 0 Å². The van der Waals surface area contributed by atoms with Crippen LogP contribution in [-0.4, -0.2) is 24.0 Å². The minimum absolute atomic E-state index is 0.0648. The van der Waals surface area contributed by atoms with Gasteiger partial charge in [0.05, 0.1) is 17.9 Å². The number of hydrogen-bond acceptors (Lipinski definition) is 7. The molecule has 0 atom stereocenters. The van der Waals surface area contributed by atoms with Gasteiger partial charge in [0, 0.05) is 0 Å². The summed E-state index contributed by atoms with van der Waals surface area (Å²) in [6.07, 6.45) is 0.424. The summed E-state index contributed by atoms with van der Waals surface area (Å²) in [5.41, 5.74) is 0.194. The molecular weight excluding hydrogens is 383 g/mol. The van der Waals surface area contributed by atoms with Crippen LogP contribution in [-0.2, 0) is 42.4 Å². The standard InChI is InChI=1S/3C4H6O2.C3H7O.Zr/c3*1-3(2)4(5)6;1-3(2)4;/h3*1H2,2H3,(H,5,6);3H,1-2H3;/q;;;-1;+4/p-3. The fourth-order valence-corrected chi connectivity index (χ4v) is 0. The van der Waals surface area contributed by atoms with E-state index >= 15 is 0 Å². The van der Waals surface area contributed by atoms with Crippen molar-refractivity contribution in [3.05, 3.63) is 36.5 Å². The predicted octanol–water partition coefficient (Wildman–Crippen LogP) is -1.19. The van der Waals surface area contributed by atoms with Crippen LogP contribution >= 0.6 is 0 Å². The Morgan fingerprint density at radius 3 is 0.870 bits per heavy atom. The summed E-state index contributed by atoms with van der Waals surface area (Å²) in [7, 11) is 0. The number of carboxylic acid groups (broad SMARTS) is 3. The second-order valence-corrected chi connectivity index (χ2v) is 4.95. The quantitative estimate of drug-likeness (QED) is 0.538. The summed E-state index contributed by atoms with van der Waals surface area (Å²) in [6.45, 7) is 17.5. The van der Waals surface area contributed by atoms with E-state index in [1.54, 1.807) is 0 Å². The van der Waals surface area contributed by atoms with Gasteiger partial charge in [-0.2, -0.15) is 0 Å². The Morgan fingerprint density at radius 2 is 0.870 bits per heavy atom. The van der Waals surface area contributed by atoms with Crippen LogP contribution in [0.25, 0.3) is 0 Å². The van der Waals surface area contributed by atoms with Crippen molar-refractivity contribution >= 4 is 17.9 Å². The summed E-state index contributed by atoms with van der Waals surface area (Å²) in [4.78, 5) is 28.5. The van der Waals surface area contributed by atoms with Gasteiger partial charge in [0.1, 0.15) is 0 Å². The SMILES string of the molecule is C=C(C)C(=O)[O-].C=C(C)C(=O)[O-].C=C(C)C(=O)[O-].CC(C)[O][Zr+3]. The Labute approximate surface area is 152 Å². The molecule has 0 radical (unpaired) electrons. The van der Waals surface area contributed by atoms with Gasteiger partial charge in [-0.15, -0.1) is 0 Å². The first-order valence-electron chi connectivity index (χ1n) is 6.13. The molecule has 0 aromatic rings. The molecule has 0 amide bonds. The van der Waals surface area contributed by atoms with E-state index in [9.17, 15) is 29.7 Å². The van der Waals surface area contributed by atoms with Crippen LogP contribution in [0.15, 0.2) is 36.5 Å². The van der Waals surface area contributed by atoms with Crippen LogP contribution < -0.4 is 15.3 Å². The normalized spacial score (nSPS) is 8.00. The topological polar surface area (TPSA) is 130 Å². The van der Waals surface area contributed by atoms with E-state index in [-0.39, 0.29) is 16.7 Å². The number of rotatable bonds is 4. The van der Waals surface area contributed by atoms with E-state index in [1.165, 1.54) is 20.8 Å². The molecule has 0 N–H and O–H groups in total. The summed E-state index contributed by atoms with van der Waals surface area (Å²) in [5, 5.41) is 28.5. The molecule has 0 aliphatic heterocycles. The van der Waals surface area contributed by atoms with Crippen LogP contribution in [0.4, 0.5) is 0 Å². The maximum absolute atomic E-state index is 9.49. The molecule has 0 saturated carbocycles. The van der Waals surface area contributed by atoms with Gasteiger partial charge in [0.2, 0.25) is 0 Å². The van der Waals surface area contributed by atoms with Gasteiger partial charge in [-0.1, -0.05) is 19.7 Å². The van der Waals surface area contributed by atoms with Crippen molar-refractivity contribution in [1.82, 2.24) is 0 Å². The number of hydrogen-bond donors (Lipinski definition) is 0. The number of aliphatic carboxylic acids is 3. The summed E-state index contributed by atoms with van der Waals surface area (Å²) in [6, 6.07) is 0. The van der Waals surface area contributed by atoms with Crippen LogP contribution in [0.2, 0.25) is 0 Å². The van der Waals surface area contributed by atoms with Gasteiger partial charge >= 0.3 is 47.9 Å². The molecule has 0 aliphatic carbocycles. The van der Waals surface area contributed by atoms with Gasteiger partial charge in [-0.25, -0.2) is 0 Å². The zero-order valence-corrected chi connectivity index (χ0v) is 16.5. The number of carbonyl (C=O) groups excluding carboxylic acids is 3. The van der Waals surface area contributed by atoms with Crippen molar-refractivity contribution in [3.8, 4) is 0 Å². The molecule has 0 aliphatic rings. The van der Waals surface area contributed by atoms with Crippen molar-refractivity contribution in [1.29, 1.82) is 0 Å². The van der Waals surface area contributed by atoms with E-state index in [4.69, 9.17) is 2.81 Å². The molecule has 0 heterocycles. The Balaban J connectivity index is -0.000000105. The first-order valence-corrected chi connectivity index (χ1v) is 7.13. The molecule has 8 heteroatoms. The Hall–Kier alpha value is -1.53. The molecule has 0 rings (SSSR count). The summed E-state index contributed by atoms with van der Waals surface area (Å²) in [5.74, 6) is -3.56. The molecule has 0 saturated heterocycles. The maximum atomic E-state index is 9.49. The van der Waals surface area contributed by atoms with Crippen LogP contribution in [0.5, 0.6) is 0 Å². The van der Waals surface area contributed by atoms with Crippen molar-refractivity contribution < 1.29 is 57.7 Å². The predicted molar refractivity (Wildman–Crippen MR) is 75.7 cm³/mol. The average Bonchev–Trinajstić information content (AvgIpc) is 2.40. The molecule has 7 nitrogen and oxygen atoms in total. The van der Waals surface area contributed by atoms with E-state index in [0.29, 0.717) is 6.10 Å². The second-order valence-electron chi connectivity index (χ2n) is 4.37. The fraction of sp³-hybridized carbons (Fsp3) is 0.400. The van der Waals surface area contributed by atoms with Crippen molar-refractivity contribution in [2.24, 2.45) is 0 Å². The second kappa shape index (κ2) is 18.5. The Morgan fingerprint density at radius 1 is 0.783 bits per heavy atom. The van der Waals surface area contributed by atoms with E-state index < -0.39 is 17.9 Å². The fourth-order valence-electron chi connectivity index (χ4n) is 0. The van der Waals surface area contributed by atoms with Crippen LogP contribution in [0, 0.1) is 0 Å². The van der Waals surface area contributed by atoms with E-state index in [0.717, 1.165) is 25.2 Å². The summed E-state index contributed by atoms with van der Waals surface area (Å²) < 4.78 is 4.84. The Bertz CT molecular complexity index is 332. The van der Waals surface area contributed by atoms with Crippen molar-refractivity contribution in [2.45, 2.75) is 40.7 Å². The molecule has 0 spiro atoms. The first kappa shape index (κ1) is 29.5.